The standard InChI is InChI=1S/C13H24N4O2S/c1-5-7-11(14)12-15-16-13(17(12)9-10(3)4)20(18,19)8-6-2/h6,10-11H,2,5,7-9,14H2,1,3-4H3. The molecule has 0 spiro atoms. The molecule has 0 radical (unpaired) electrons. The molecule has 0 bridgehead atoms. The molecule has 0 aliphatic heterocycles. The summed E-state index contributed by atoms with van der Waals surface area (Å²) in [5.41, 5.74) is 6.07. The molecular formula is C13H24N4O2S. The van der Waals surface area contributed by atoms with E-state index in [1.807, 2.05) is 20.8 Å². The van der Waals surface area contributed by atoms with E-state index in [0.29, 0.717) is 12.4 Å². The van der Waals surface area contributed by atoms with Gasteiger partial charge in [0.05, 0.1) is 11.8 Å². The molecule has 1 aromatic heterocycles. The first-order valence-corrected chi connectivity index (χ1v) is 8.51. The van der Waals surface area contributed by atoms with Crippen LogP contribution in [-0.2, 0) is 16.4 Å². The predicted octanol–water partition coefficient (Wildman–Crippen LogP) is 1.69. The smallest absolute Gasteiger partial charge is 0.250 e. The molecule has 0 aliphatic carbocycles. The van der Waals surface area contributed by atoms with Gasteiger partial charge in [-0.2, -0.15) is 0 Å². The zero-order chi connectivity index (χ0) is 15.3. The van der Waals surface area contributed by atoms with Gasteiger partial charge in [0, 0.05) is 6.54 Å². The van der Waals surface area contributed by atoms with Crippen molar-refractivity contribution in [2.45, 2.75) is 51.4 Å². The SMILES string of the molecule is C=CCS(=O)(=O)c1nnc(C(N)CCC)n1CC(C)C. The van der Waals surface area contributed by atoms with Gasteiger partial charge in [-0.25, -0.2) is 8.42 Å². The van der Waals surface area contributed by atoms with E-state index in [1.165, 1.54) is 6.08 Å². The van der Waals surface area contributed by atoms with Crippen LogP contribution in [0.1, 0.15) is 45.5 Å². The lowest BCUT2D eigenvalue weighted by Gasteiger charge is -2.15. The Morgan fingerprint density at radius 1 is 1.40 bits per heavy atom. The van der Waals surface area contributed by atoms with Crippen LogP contribution in [0.4, 0.5) is 0 Å². The Morgan fingerprint density at radius 3 is 2.55 bits per heavy atom. The van der Waals surface area contributed by atoms with Crippen LogP contribution >= 0.6 is 0 Å². The fourth-order valence-corrected chi connectivity index (χ4v) is 3.14. The summed E-state index contributed by atoms with van der Waals surface area (Å²) in [7, 11) is -3.50. The molecule has 0 saturated heterocycles. The molecule has 0 fully saturated rings. The lowest BCUT2D eigenvalue weighted by molar-refractivity contribution is 0.450. The highest BCUT2D eigenvalue weighted by molar-refractivity contribution is 7.91. The van der Waals surface area contributed by atoms with E-state index in [0.717, 1.165) is 12.8 Å². The van der Waals surface area contributed by atoms with Gasteiger partial charge < -0.3 is 10.3 Å². The molecule has 0 aliphatic rings. The van der Waals surface area contributed by atoms with Crippen LogP contribution in [0.25, 0.3) is 0 Å². The molecular weight excluding hydrogens is 276 g/mol. The van der Waals surface area contributed by atoms with Gasteiger partial charge >= 0.3 is 0 Å². The van der Waals surface area contributed by atoms with E-state index in [1.54, 1.807) is 4.57 Å². The zero-order valence-corrected chi connectivity index (χ0v) is 13.2. The number of hydrogen-bond acceptors (Lipinski definition) is 5. The third kappa shape index (κ3) is 3.89. The Hall–Kier alpha value is -1.21. The van der Waals surface area contributed by atoms with Crippen molar-refractivity contribution >= 4 is 9.84 Å². The van der Waals surface area contributed by atoms with Gasteiger partial charge in [-0.05, 0) is 12.3 Å². The van der Waals surface area contributed by atoms with E-state index in [9.17, 15) is 8.42 Å². The molecule has 2 N–H and O–H groups in total. The number of nitrogens with two attached hydrogens (primary N) is 1. The molecule has 0 saturated carbocycles. The molecule has 0 amide bonds. The number of nitrogens with zero attached hydrogens (tertiary/aromatic N) is 3. The summed E-state index contributed by atoms with van der Waals surface area (Å²) in [6.07, 6.45) is 3.01. The number of hydrogen-bond donors (Lipinski definition) is 1. The topological polar surface area (TPSA) is 90.9 Å². The normalized spacial score (nSPS) is 13.7. The average molecular weight is 300 g/mol. The van der Waals surface area contributed by atoms with Crippen LogP contribution in [0, 0.1) is 5.92 Å². The van der Waals surface area contributed by atoms with Crippen molar-refractivity contribution in [1.29, 1.82) is 0 Å². The first-order chi connectivity index (χ1) is 9.33. The number of aromatic nitrogens is 3. The molecule has 1 heterocycles. The van der Waals surface area contributed by atoms with Gasteiger partial charge in [-0.3, -0.25) is 0 Å². The fourth-order valence-electron chi connectivity index (χ4n) is 2.01. The minimum Gasteiger partial charge on any atom is -0.321 e. The van der Waals surface area contributed by atoms with Gasteiger partial charge in [-0.15, -0.1) is 16.8 Å². The summed E-state index contributed by atoms with van der Waals surface area (Å²) in [5.74, 6) is 0.672. The van der Waals surface area contributed by atoms with Crippen LogP contribution in [0.5, 0.6) is 0 Å². The van der Waals surface area contributed by atoms with Gasteiger partial charge in [-0.1, -0.05) is 33.3 Å². The molecule has 1 atom stereocenters. The molecule has 7 heteroatoms. The van der Waals surface area contributed by atoms with Gasteiger partial charge in [0.15, 0.2) is 5.82 Å². The number of rotatable bonds is 8. The lowest BCUT2D eigenvalue weighted by atomic mass is 10.1. The summed E-state index contributed by atoms with van der Waals surface area (Å²) < 4.78 is 26.0. The molecule has 20 heavy (non-hydrogen) atoms. The maximum Gasteiger partial charge on any atom is 0.250 e. The highest BCUT2D eigenvalue weighted by atomic mass is 32.2. The lowest BCUT2D eigenvalue weighted by Crippen LogP contribution is -2.21. The Morgan fingerprint density at radius 2 is 2.05 bits per heavy atom. The Bertz CT molecular complexity index is 549. The van der Waals surface area contributed by atoms with Crippen molar-refractivity contribution in [2.75, 3.05) is 5.75 Å². The highest BCUT2D eigenvalue weighted by Crippen LogP contribution is 2.20. The van der Waals surface area contributed by atoms with E-state index in [4.69, 9.17) is 5.73 Å². The van der Waals surface area contributed by atoms with Crippen LogP contribution in [0.15, 0.2) is 17.8 Å². The minimum absolute atomic E-state index is 0.00680. The largest absolute Gasteiger partial charge is 0.321 e. The van der Waals surface area contributed by atoms with Crippen molar-refractivity contribution in [3.05, 3.63) is 18.5 Å². The first-order valence-electron chi connectivity index (χ1n) is 6.85. The maximum atomic E-state index is 12.2. The van der Waals surface area contributed by atoms with Crippen LogP contribution in [0.3, 0.4) is 0 Å². The van der Waals surface area contributed by atoms with Crippen molar-refractivity contribution in [3.8, 4) is 0 Å². The van der Waals surface area contributed by atoms with Gasteiger partial charge in [0.25, 0.3) is 0 Å². The summed E-state index contributed by atoms with van der Waals surface area (Å²) in [4.78, 5) is 0. The predicted molar refractivity (Wildman–Crippen MR) is 78.9 cm³/mol. The molecule has 1 unspecified atom stereocenters. The average Bonchev–Trinajstić information content (AvgIpc) is 2.72. The summed E-state index contributed by atoms with van der Waals surface area (Å²) in [6, 6.07) is -0.293. The van der Waals surface area contributed by atoms with Crippen LogP contribution < -0.4 is 5.73 Å². The molecule has 1 rings (SSSR count). The van der Waals surface area contributed by atoms with Gasteiger partial charge in [0.2, 0.25) is 15.0 Å². The van der Waals surface area contributed by atoms with Crippen molar-refractivity contribution in [3.63, 3.8) is 0 Å². The molecule has 6 nitrogen and oxygen atoms in total. The molecule has 0 aromatic carbocycles. The van der Waals surface area contributed by atoms with E-state index in [2.05, 4.69) is 16.8 Å². The summed E-state index contributed by atoms with van der Waals surface area (Å²) >= 11 is 0. The third-order valence-corrected chi connectivity index (χ3v) is 4.37. The Kier molecular flexibility index (Phi) is 5.88. The minimum atomic E-state index is -3.50. The van der Waals surface area contributed by atoms with Crippen molar-refractivity contribution < 1.29 is 8.42 Å². The van der Waals surface area contributed by atoms with Crippen LogP contribution in [-0.4, -0.2) is 28.9 Å². The maximum absolute atomic E-state index is 12.2. The van der Waals surface area contributed by atoms with Gasteiger partial charge in [0.1, 0.15) is 0 Å². The summed E-state index contributed by atoms with van der Waals surface area (Å²) in [6.45, 7) is 10.1. The zero-order valence-electron chi connectivity index (χ0n) is 12.4. The Balaban J connectivity index is 3.29. The second kappa shape index (κ2) is 6.99. The second-order valence-electron chi connectivity index (χ2n) is 5.31. The van der Waals surface area contributed by atoms with Crippen LogP contribution in [0.2, 0.25) is 0 Å². The Labute approximate surface area is 121 Å². The second-order valence-corrected chi connectivity index (χ2v) is 7.24. The van der Waals surface area contributed by atoms with E-state index >= 15 is 0 Å². The highest BCUT2D eigenvalue weighted by Gasteiger charge is 2.26. The monoisotopic (exact) mass is 300 g/mol. The third-order valence-electron chi connectivity index (χ3n) is 2.84. The molecule has 114 valence electrons. The van der Waals surface area contributed by atoms with Crippen molar-refractivity contribution in [1.82, 2.24) is 14.8 Å². The van der Waals surface area contributed by atoms with E-state index in [-0.39, 0.29) is 22.9 Å². The van der Waals surface area contributed by atoms with Crippen molar-refractivity contribution in [2.24, 2.45) is 11.7 Å². The number of sulfone groups is 1. The quantitative estimate of drug-likeness (QED) is 0.738. The van der Waals surface area contributed by atoms with E-state index < -0.39 is 9.84 Å². The molecule has 1 aromatic rings. The first kappa shape index (κ1) is 16.8. The summed E-state index contributed by atoms with van der Waals surface area (Å²) in [5, 5.41) is 7.86. The fraction of sp³-hybridized carbons (Fsp3) is 0.692.